The van der Waals surface area contributed by atoms with Gasteiger partial charge in [-0.15, -0.1) is 0 Å². The summed E-state index contributed by atoms with van der Waals surface area (Å²) in [5.41, 5.74) is 2.76. The number of nitrogens with one attached hydrogen (secondary N) is 1. The molecule has 5 heteroatoms. The second kappa shape index (κ2) is 8.82. The lowest BCUT2D eigenvalue weighted by Gasteiger charge is -2.45. The molecule has 3 aromatic carbocycles. The monoisotopic (exact) mass is 451 g/mol. The van der Waals surface area contributed by atoms with Crippen molar-refractivity contribution in [3.63, 3.8) is 0 Å². The standard InChI is InChI=1S/C29H29N3O2/c1-21(23-13-7-4-8-14-23)19-32-27(33)26-17-24-15-9-10-16-25(24)31(26)20-29(32,2)28(34)30-18-22-11-5-3-6-12-22/h3-17,21H,18-20H2,1-2H3,(H,30,34)/t21-,29+/m1/s1. The van der Waals surface area contributed by atoms with Crippen molar-refractivity contribution >= 4 is 22.7 Å². The Morgan fingerprint density at radius 3 is 2.35 bits per heavy atom. The van der Waals surface area contributed by atoms with Crippen molar-refractivity contribution in [1.82, 2.24) is 14.8 Å². The van der Waals surface area contributed by atoms with Crippen molar-refractivity contribution in [2.75, 3.05) is 6.54 Å². The highest BCUT2D eigenvalue weighted by Gasteiger charge is 2.48. The van der Waals surface area contributed by atoms with Crippen LogP contribution in [-0.4, -0.2) is 33.4 Å². The summed E-state index contributed by atoms with van der Waals surface area (Å²) >= 11 is 0. The maximum absolute atomic E-state index is 13.9. The van der Waals surface area contributed by atoms with Gasteiger partial charge in [0.25, 0.3) is 5.91 Å². The SMILES string of the molecule is C[C@H](CN1C(=O)c2cc3ccccc3n2C[C@@]1(C)C(=O)NCc1ccccc1)c1ccccc1. The summed E-state index contributed by atoms with van der Waals surface area (Å²) in [7, 11) is 0. The third kappa shape index (κ3) is 3.87. The number of para-hydroxylation sites is 1. The van der Waals surface area contributed by atoms with Crippen LogP contribution in [0.2, 0.25) is 0 Å². The number of amides is 2. The van der Waals surface area contributed by atoms with Crippen LogP contribution in [0.25, 0.3) is 10.9 Å². The molecular formula is C29H29N3O2. The minimum absolute atomic E-state index is 0.0855. The molecule has 172 valence electrons. The zero-order valence-electron chi connectivity index (χ0n) is 19.6. The first kappa shape index (κ1) is 22.0. The zero-order chi connectivity index (χ0) is 23.7. The van der Waals surface area contributed by atoms with E-state index in [0.717, 1.165) is 22.0 Å². The van der Waals surface area contributed by atoms with Crippen molar-refractivity contribution in [3.8, 4) is 0 Å². The minimum atomic E-state index is -1.02. The molecule has 0 aliphatic carbocycles. The van der Waals surface area contributed by atoms with Crippen LogP contribution in [0.4, 0.5) is 0 Å². The van der Waals surface area contributed by atoms with Crippen LogP contribution in [0.3, 0.4) is 0 Å². The fraction of sp³-hybridized carbons (Fsp3) is 0.241. The van der Waals surface area contributed by atoms with Crippen LogP contribution in [0.5, 0.6) is 0 Å². The number of benzene rings is 3. The molecule has 2 heterocycles. The molecule has 1 aliphatic heterocycles. The summed E-state index contributed by atoms with van der Waals surface area (Å²) in [6.07, 6.45) is 0. The van der Waals surface area contributed by atoms with Gasteiger partial charge in [-0.25, -0.2) is 0 Å². The molecule has 0 radical (unpaired) electrons. The molecule has 2 atom stereocenters. The van der Waals surface area contributed by atoms with Gasteiger partial charge < -0.3 is 14.8 Å². The van der Waals surface area contributed by atoms with Gasteiger partial charge in [0.15, 0.2) is 0 Å². The number of carbonyl (C=O) groups excluding carboxylic acids is 2. The van der Waals surface area contributed by atoms with E-state index in [9.17, 15) is 9.59 Å². The molecule has 0 saturated carbocycles. The van der Waals surface area contributed by atoms with Gasteiger partial charge in [-0.1, -0.05) is 85.8 Å². The number of hydrogen-bond donors (Lipinski definition) is 1. The van der Waals surface area contributed by atoms with E-state index in [1.165, 1.54) is 0 Å². The molecule has 0 fully saturated rings. The average molecular weight is 452 g/mol. The maximum atomic E-state index is 13.9. The van der Waals surface area contributed by atoms with Gasteiger partial charge in [-0.05, 0) is 36.1 Å². The molecular weight excluding hydrogens is 422 g/mol. The van der Waals surface area contributed by atoms with Gasteiger partial charge in [0, 0.05) is 24.0 Å². The summed E-state index contributed by atoms with van der Waals surface area (Å²) in [4.78, 5) is 29.4. The molecule has 1 aromatic heterocycles. The van der Waals surface area contributed by atoms with Crippen LogP contribution < -0.4 is 5.32 Å². The smallest absolute Gasteiger partial charge is 0.271 e. The molecule has 1 aliphatic rings. The Kier molecular flexibility index (Phi) is 5.70. The maximum Gasteiger partial charge on any atom is 0.271 e. The van der Waals surface area contributed by atoms with Crippen LogP contribution in [-0.2, 0) is 17.9 Å². The summed E-state index contributed by atoms with van der Waals surface area (Å²) in [6.45, 7) is 5.28. The number of aromatic nitrogens is 1. The molecule has 0 unspecified atom stereocenters. The fourth-order valence-electron chi connectivity index (χ4n) is 4.92. The Morgan fingerprint density at radius 2 is 1.62 bits per heavy atom. The van der Waals surface area contributed by atoms with E-state index < -0.39 is 5.54 Å². The molecule has 1 N–H and O–H groups in total. The van der Waals surface area contributed by atoms with Crippen molar-refractivity contribution in [3.05, 3.63) is 108 Å². The van der Waals surface area contributed by atoms with Gasteiger partial charge in [-0.2, -0.15) is 0 Å². The topological polar surface area (TPSA) is 54.3 Å². The molecule has 5 nitrogen and oxygen atoms in total. The molecule has 34 heavy (non-hydrogen) atoms. The van der Waals surface area contributed by atoms with E-state index in [4.69, 9.17) is 0 Å². The number of nitrogens with zero attached hydrogens (tertiary/aromatic N) is 2. The van der Waals surface area contributed by atoms with Gasteiger partial charge in [-0.3, -0.25) is 9.59 Å². The van der Waals surface area contributed by atoms with Gasteiger partial charge in [0.05, 0.1) is 6.54 Å². The predicted molar refractivity (Wildman–Crippen MR) is 135 cm³/mol. The van der Waals surface area contributed by atoms with Crippen LogP contribution in [0, 0.1) is 0 Å². The van der Waals surface area contributed by atoms with E-state index in [-0.39, 0.29) is 17.7 Å². The Balaban J connectivity index is 1.51. The van der Waals surface area contributed by atoms with E-state index >= 15 is 0 Å². The Morgan fingerprint density at radius 1 is 0.971 bits per heavy atom. The van der Waals surface area contributed by atoms with Gasteiger partial charge in [0.1, 0.15) is 11.2 Å². The summed E-state index contributed by atoms with van der Waals surface area (Å²) in [5.74, 6) is -0.168. The Hall–Kier alpha value is -3.86. The van der Waals surface area contributed by atoms with E-state index in [1.807, 2.05) is 90.4 Å². The largest absolute Gasteiger partial charge is 0.350 e. The van der Waals surface area contributed by atoms with Gasteiger partial charge in [0.2, 0.25) is 5.91 Å². The first-order valence-corrected chi connectivity index (χ1v) is 11.7. The number of hydrogen-bond acceptors (Lipinski definition) is 2. The lowest BCUT2D eigenvalue weighted by Crippen LogP contribution is -2.64. The van der Waals surface area contributed by atoms with Crippen LogP contribution in [0.1, 0.15) is 41.4 Å². The normalized spacial score (nSPS) is 18.5. The highest BCUT2D eigenvalue weighted by Crippen LogP contribution is 2.34. The number of carbonyl (C=O) groups is 2. The summed E-state index contributed by atoms with van der Waals surface area (Å²) in [6, 6.07) is 29.9. The molecule has 0 saturated heterocycles. The first-order valence-electron chi connectivity index (χ1n) is 11.7. The van der Waals surface area contributed by atoms with Crippen molar-refractivity contribution in [2.45, 2.75) is 38.4 Å². The molecule has 0 spiro atoms. The lowest BCUT2D eigenvalue weighted by molar-refractivity contribution is -0.133. The fourth-order valence-corrected chi connectivity index (χ4v) is 4.92. The third-order valence-electron chi connectivity index (χ3n) is 6.95. The van der Waals surface area contributed by atoms with Crippen molar-refractivity contribution < 1.29 is 9.59 Å². The second-order valence-electron chi connectivity index (χ2n) is 9.34. The van der Waals surface area contributed by atoms with Crippen LogP contribution >= 0.6 is 0 Å². The zero-order valence-corrected chi connectivity index (χ0v) is 19.6. The van der Waals surface area contributed by atoms with E-state index in [0.29, 0.717) is 25.3 Å². The summed E-state index contributed by atoms with van der Waals surface area (Å²) in [5, 5.41) is 4.11. The average Bonchev–Trinajstić information content (AvgIpc) is 3.24. The first-order chi connectivity index (χ1) is 16.5. The van der Waals surface area contributed by atoms with Gasteiger partial charge >= 0.3 is 0 Å². The van der Waals surface area contributed by atoms with Crippen molar-refractivity contribution in [2.24, 2.45) is 0 Å². The Bertz CT molecular complexity index is 1330. The van der Waals surface area contributed by atoms with E-state index in [1.54, 1.807) is 4.90 Å². The van der Waals surface area contributed by atoms with Crippen molar-refractivity contribution in [1.29, 1.82) is 0 Å². The highest BCUT2D eigenvalue weighted by molar-refractivity contribution is 6.03. The number of fused-ring (bicyclic) bond motifs is 3. The Labute approximate surface area is 200 Å². The number of rotatable bonds is 6. The third-order valence-corrected chi connectivity index (χ3v) is 6.95. The lowest BCUT2D eigenvalue weighted by atomic mass is 9.91. The predicted octanol–water partition coefficient (Wildman–Crippen LogP) is 4.98. The van der Waals surface area contributed by atoms with Crippen LogP contribution in [0.15, 0.2) is 91.0 Å². The molecule has 2 amide bonds. The molecule has 4 aromatic rings. The quantitative estimate of drug-likeness (QED) is 0.450. The minimum Gasteiger partial charge on any atom is -0.350 e. The molecule has 0 bridgehead atoms. The second-order valence-corrected chi connectivity index (χ2v) is 9.34. The molecule has 5 rings (SSSR count). The highest BCUT2D eigenvalue weighted by atomic mass is 16.2. The van der Waals surface area contributed by atoms with E-state index in [2.05, 4.69) is 24.4 Å². The summed E-state index contributed by atoms with van der Waals surface area (Å²) < 4.78 is 2.00.